The van der Waals surface area contributed by atoms with Crippen LogP contribution in [0.2, 0.25) is 0 Å². The Morgan fingerprint density at radius 3 is 2.85 bits per heavy atom. The van der Waals surface area contributed by atoms with Crippen LogP contribution >= 0.6 is 0 Å². The molecule has 3 rings (SSSR count). The van der Waals surface area contributed by atoms with E-state index in [1.165, 1.54) is 0 Å². The molecule has 1 aromatic heterocycles. The number of hydrogen-bond acceptors (Lipinski definition) is 7. The second-order valence-electron chi connectivity index (χ2n) is 6.67. The molecule has 7 nitrogen and oxygen atoms in total. The van der Waals surface area contributed by atoms with E-state index in [9.17, 15) is 5.11 Å². The van der Waals surface area contributed by atoms with E-state index in [0.29, 0.717) is 13.2 Å². The third-order valence-electron chi connectivity index (χ3n) is 4.74. The van der Waals surface area contributed by atoms with Gasteiger partial charge in [0.05, 0.1) is 12.6 Å². The molecule has 0 aliphatic carbocycles. The average Bonchev–Trinajstić information content (AvgIpc) is 2.86. The zero-order valence-corrected chi connectivity index (χ0v) is 15.6. The molecule has 2 atom stereocenters. The molecule has 2 heterocycles. The number of anilines is 2. The molecule has 26 heavy (non-hydrogen) atoms. The minimum Gasteiger partial charge on any atom is -0.379 e. The Kier molecular flexibility index (Phi) is 5.70. The van der Waals surface area contributed by atoms with Crippen LogP contribution in [0, 0.1) is 13.8 Å². The molecule has 0 amide bonds. The van der Waals surface area contributed by atoms with Gasteiger partial charge in [0.1, 0.15) is 12.0 Å². The van der Waals surface area contributed by atoms with E-state index in [-0.39, 0.29) is 12.0 Å². The van der Waals surface area contributed by atoms with Crippen LogP contribution in [-0.2, 0) is 4.74 Å². The van der Waals surface area contributed by atoms with E-state index in [0.717, 1.165) is 41.2 Å². The summed E-state index contributed by atoms with van der Waals surface area (Å²) >= 11 is 0. The Morgan fingerprint density at radius 2 is 2.12 bits per heavy atom. The fourth-order valence-electron chi connectivity index (χ4n) is 3.39. The highest BCUT2D eigenvalue weighted by atomic mass is 16.5. The van der Waals surface area contributed by atoms with E-state index < -0.39 is 6.23 Å². The summed E-state index contributed by atoms with van der Waals surface area (Å²) in [6.45, 7) is 6.08. The number of aliphatic hydroxyl groups excluding tert-OH is 1. The lowest BCUT2D eigenvalue weighted by Crippen LogP contribution is -2.32. The molecule has 1 fully saturated rings. The van der Waals surface area contributed by atoms with Gasteiger partial charge in [-0.05, 0) is 50.1 Å². The van der Waals surface area contributed by atoms with Gasteiger partial charge in [-0.2, -0.15) is 4.98 Å². The molecule has 140 valence electrons. The Morgan fingerprint density at radius 1 is 1.31 bits per heavy atom. The number of aryl methyl sites for hydroxylation is 2. The Labute approximate surface area is 154 Å². The first-order valence-electron chi connectivity index (χ1n) is 8.91. The number of rotatable bonds is 4. The van der Waals surface area contributed by atoms with E-state index in [1.54, 1.807) is 7.05 Å². The molecule has 4 N–H and O–H groups in total. The molecule has 1 aliphatic rings. The van der Waals surface area contributed by atoms with Crippen LogP contribution < -0.4 is 16.0 Å². The lowest BCUT2D eigenvalue weighted by molar-refractivity contribution is 0.133. The normalized spacial score (nSPS) is 19.2. The van der Waals surface area contributed by atoms with Gasteiger partial charge in [-0.1, -0.05) is 12.1 Å². The first kappa shape index (κ1) is 18.6. The lowest BCUT2D eigenvalue weighted by Gasteiger charge is -2.32. The predicted molar refractivity (Wildman–Crippen MR) is 102 cm³/mol. The van der Waals surface area contributed by atoms with Crippen molar-refractivity contribution in [2.24, 2.45) is 0 Å². The number of nitrogens with one attached hydrogen (secondary N) is 1. The van der Waals surface area contributed by atoms with E-state index in [2.05, 4.69) is 27.1 Å². The van der Waals surface area contributed by atoms with Crippen LogP contribution in [0.5, 0.6) is 0 Å². The largest absolute Gasteiger partial charge is 0.379 e. The van der Waals surface area contributed by atoms with Crippen molar-refractivity contribution in [3.63, 3.8) is 0 Å². The van der Waals surface area contributed by atoms with E-state index in [1.807, 2.05) is 31.2 Å². The van der Waals surface area contributed by atoms with Gasteiger partial charge < -0.3 is 20.5 Å². The van der Waals surface area contributed by atoms with Gasteiger partial charge in [0.2, 0.25) is 5.95 Å². The van der Waals surface area contributed by atoms with Gasteiger partial charge in [-0.15, -0.1) is 0 Å². The van der Waals surface area contributed by atoms with E-state index >= 15 is 0 Å². The van der Waals surface area contributed by atoms with Gasteiger partial charge in [-0.25, -0.2) is 4.98 Å². The third kappa shape index (κ3) is 3.95. The van der Waals surface area contributed by atoms with Gasteiger partial charge in [0, 0.05) is 24.9 Å². The molecule has 1 aromatic carbocycles. The fraction of sp³-hybridized carbons (Fsp3) is 0.474. The second kappa shape index (κ2) is 7.99. The SMILES string of the molecule is CNC(O)c1ccc(C)c(C2COCCCN2c2cc(C)nc(N)n2)c1. The van der Waals surface area contributed by atoms with E-state index in [4.69, 9.17) is 10.5 Å². The van der Waals surface area contributed by atoms with Crippen LogP contribution in [0.4, 0.5) is 11.8 Å². The van der Waals surface area contributed by atoms with Gasteiger partial charge in [-0.3, -0.25) is 5.32 Å². The third-order valence-corrected chi connectivity index (χ3v) is 4.74. The molecule has 2 unspecified atom stereocenters. The number of nitrogens with two attached hydrogens (primary N) is 1. The molecule has 1 saturated heterocycles. The maximum atomic E-state index is 10.2. The summed E-state index contributed by atoms with van der Waals surface area (Å²) in [5, 5.41) is 13.0. The molecule has 2 aromatic rings. The van der Waals surface area contributed by atoms with Crippen molar-refractivity contribution in [1.82, 2.24) is 15.3 Å². The summed E-state index contributed by atoms with van der Waals surface area (Å²) in [4.78, 5) is 10.9. The smallest absolute Gasteiger partial charge is 0.222 e. The van der Waals surface area contributed by atoms with Crippen molar-refractivity contribution in [2.45, 2.75) is 32.5 Å². The summed E-state index contributed by atoms with van der Waals surface area (Å²) in [6.07, 6.45) is 0.212. The number of hydrogen-bond donors (Lipinski definition) is 3. The number of aromatic nitrogens is 2. The Balaban J connectivity index is 2.04. The summed E-state index contributed by atoms with van der Waals surface area (Å²) in [5.41, 5.74) is 9.82. The van der Waals surface area contributed by atoms with Crippen molar-refractivity contribution in [3.05, 3.63) is 46.6 Å². The Hall–Kier alpha value is -2.22. The number of benzene rings is 1. The van der Waals surface area contributed by atoms with Crippen LogP contribution in [0.3, 0.4) is 0 Å². The molecule has 0 bridgehead atoms. The summed E-state index contributed by atoms with van der Waals surface area (Å²) in [5.74, 6) is 1.09. The topological polar surface area (TPSA) is 96.5 Å². The number of nitrogen functional groups attached to an aromatic ring is 1. The molecular formula is C19H27N5O2. The molecule has 1 aliphatic heterocycles. The highest BCUT2D eigenvalue weighted by Crippen LogP contribution is 2.32. The summed E-state index contributed by atoms with van der Waals surface area (Å²) < 4.78 is 5.86. The monoisotopic (exact) mass is 357 g/mol. The lowest BCUT2D eigenvalue weighted by atomic mass is 9.97. The quantitative estimate of drug-likeness (QED) is 0.719. The summed E-state index contributed by atoms with van der Waals surface area (Å²) in [6, 6.07) is 7.97. The van der Waals surface area contributed by atoms with Gasteiger partial charge in [0.25, 0.3) is 0 Å². The molecule has 0 saturated carbocycles. The zero-order chi connectivity index (χ0) is 18.7. The highest BCUT2D eigenvalue weighted by Gasteiger charge is 2.27. The minimum atomic E-state index is -0.702. The highest BCUT2D eigenvalue weighted by molar-refractivity contribution is 5.48. The van der Waals surface area contributed by atoms with Crippen molar-refractivity contribution in [1.29, 1.82) is 0 Å². The number of ether oxygens (including phenoxy) is 1. The summed E-state index contributed by atoms with van der Waals surface area (Å²) in [7, 11) is 1.73. The van der Waals surface area contributed by atoms with Gasteiger partial charge in [0.15, 0.2) is 0 Å². The minimum absolute atomic E-state index is 0.00444. The van der Waals surface area contributed by atoms with Crippen molar-refractivity contribution < 1.29 is 9.84 Å². The van der Waals surface area contributed by atoms with Crippen molar-refractivity contribution >= 4 is 11.8 Å². The van der Waals surface area contributed by atoms with Crippen molar-refractivity contribution in [2.75, 3.05) is 37.4 Å². The average molecular weight is 357 g/mol. The van der Waals surface area contributed by atoms with Crippen LogP contribution in [0.1, 0.15) is 41.1 Å². The van der Waals surface area contributed by atoms with Crippen LogP contribution in [-0.4, -0.2) is 41.9 Å². The maximum absolute atomic E-state index is 10.2. The molecule has 7 heteroatoms. The van der Waals surface area contributed by atoms with Crippen LogP contribution in [0.25, 0.3) is 0 Å². The first-order valence-corrected chi connectivity index (χ1v) is 8.91. The van der Waals surface area contributed by atoms with Crippen LogP contribution in [0.15, 0.2) is 24.3 Å². The second-order valence-corrected chi connectivity index (χ2v) is 6.67. The molecule has 0 radical (unpaired) electrons. The fourth-order valence-corrected chi connectivity index (χ4v) is 3.39. The predicted octanol–water partition coefficient (Wildman–Crippen LogP) is 1.85. The standard InChI is InChI=1S/C19H27N5O2/c1-12-5-6-14(18(25)21-3)10-15(12)16-11-26-8-4-7-24(16)17-9-13(2)22-19(20)23-17/h5-6,9-10,16,18,21,25H,4,7-8,11H2,1-3H3,(H2,20,22,23). The number of aliphatic hydroxyl groups is 1. The first-order chi connectivity index (χ1) is 12.5. The number of nitrogens with zero attached hydrogens (tertiary/aromatic N) is 3. The maximum Gasteiger partial charge on any atom is 0.222 e. The Bertz CT molecular complexity index is 747. The zero-order valence-electron chi connectivity index (χ0n) is 15.6. The van der Waals surface area contributed by atoms with Gasteiger partial charge >= 0.3 is 0 Å². The molecular weight excluding hydrogens is 330 g/mol. The van der Waals surface area contributed by atoms with Crippen molar-refractivity contribution in [3.8, 4) is 0 Å². The molecule has 0 spiro atoms.